The molecule has 190 valence electrons. The number of β-lactam (4-membered cyclic amide) rings is 1. The minimum absolute atomic E-state index is 0.0891. The van der Waals surface area contributed by atoms with E-state index in [1.807, 2.05) is 85.1 Å². The molecule has 1 aromatic heterocycles. The third-order valence-electron chi connectivity index (χ3n) is 6.48. The van der Waals surface area contributed by atoms with E-state index in [2.05, 4.69) is 5.32 Å². The number of hydrogen-bond acceptors (Lipinski definition) is 6. The van der Waals surface area contributed by atoms with Crippen LogP contribution in [-0.4, -0.2) is 46.0 Å². The number of alkyl halides is 1. The summed E-state index contributed by atoms with van der Waals surface area (Å²) in [4.78, 5) is 42.9. The Kier molecular flexibility index (Phi) is 7.69. The number of hydrogen-bond donors (Lipinski definition) is 1. The van der Waals surface area contributed by atoms with Crippen molar-refractivity contribution in [1.82, 2.24) is 10.2 Å². The van der Waals surface area contributed by atoms with E-state index >= 15 is 0 Å². The average Bonchev–Trinajstić information content (AvgIpc) is 3.43. The highest BCUT2D eigenvalue weighted by Gasteiger charge is 2.57. The number of halogens is 1. The first-order valence-electron chi connectivity index (χ1n) is 11.8. The standard InChI is InChI=1S/C28H25ClN2O4S2/c1-17-21(16-29)24(28(34)35-25(18-9-4-2-5-10-18)19-11-6-3-7-12-19)31-26(33)23(27(31)37-17)30-22(32)15-20-13-8-14-36-20/h2-14,23-25,27H,15-16H2,1H3,(H,30,32)/t23-,24?,27-/m1/s1. The Morgan fingerprint density at radius 3 is 2.24 bits per heavy atom. The normalized spacial score (nSPS) is 20.9. The van der Waals surface area contributed by atoms with E-state index in [0.717, 1.165) is 20.9 Å². The molecule has 0 saturated carbocycles. The van der Waals surface area contributed by atoms with Gasteiger partial charge in [-0.05, 0) is 40.0 Å². The molecule has 6 nitrogen and oxygen atoms in total. The molecule has 1 saturated heterocycles. The zero-order valence-electron chi connectivity index (χ0n) is 20.0. The first kappa shape index (κ1) is 25.6. The van der Waals surface area contributed by atoms with Crippen LogP contribution in [0.15, 0.2) is 88.7 Å². The molecule has 2 aromatic carbocycles. The van der Waals surface area contributed by atoms with Crippen LogP contribution < -0.4 is 5.32 Å². The highest BCUT2D eigenvalue weighted by atomic mass is 35.5. The van der Waals surface area contributed by atoms with Crippen LogP contribution in [0.2, 0.25) is 0 Å². The van der Waals surface area contributed by atoms with Crippen molar-refractivity contribution in [2.45, 2.75) is 36.9 Å². The van der Waals surface area contributed by atoms with Crippen molar-refractivity contribution in [3.05, 3.63) is 105 Å². The number of carbonyl (C=O) groups excluding carboxylic acids is 3. The van der Waals surface area contributed by atoms with Crippen molar-refractivity contribution in [1.29, 1.82) is 0 Å². The first-order valence-corrected chi connectivity index (χ1v) is 14.1. The Labute approximate surface area is 228 Å². The minimum atomic E-state index is -0.948. The molecule has 0 spiro atoms. The van der Waals surface area contributed by atoms with Gasteiger partial charge < -0.3 is 15.0 Å². The Hall–Kier alpha value is -3.07. The van der Waals surface area contributed by atoms with Crippen LogP contribution in [0.5, 0.6) is 0 Å². The summed E-state index contributed by atoms with van der Waals surface area (Å²) in [6.07, 6.45) is -0.431. The van der Waals surface area contributed by atoms with Crippen LogP contribution in [0.4, 0.5) is 0 Å². The number of esters is 1. The van der Waals surface area contributed by atoms with Gasteiger partial charge in [-0.25, -0.2) is 4.79 Å². The van der Waals surface area contributed by atoms with E-state index < -0.39 is 29.5 Å². The maximum absolute atomic E-state index is 13.7. The lowest BCUT2D eigenvalue weighted by Gasteiger charge is -2.52. The highest BCUT2D eigenvalue weighted by Crippen LogP contribution is 2.45. The molecule has 0 aliphatic carbocycles. The Morgan fingerprint density at radius 1 is 1.03 bits per heavy atom. The van der Waals surface area contributed by atoms with E-state index in [-0.39, 0.29) is 24.1 Å². The van der Waals surface area contributed by atoms with E-state index in [0.29, 0.717) is 5.57 Å². The molecule has 3 heterocycles. The lowest BCUT2D eigenvalue weighted by atomic mass is 9.96. The molecule has 3 atom stereocenters. The number of rotatable bonds is 8. The predicted molar refractivity (Wildman–Crippen MR) is 146 cm³/mol. The van der Waals surface area contributed by atoms with Gasteiger partial charge in [-0.3, -0.25) is 9.59 Å². The minimum Gasteiger partial charge on any atom is -0.451 e. The topological polar surface area (TPSA) is 75.7 Å². The number of carbonyl (C=O) groups is 3. The fraction of sp³-hybridized carbons (Fsp3) is 0.250. The monoisotopic (exact) mass is 552 g/mol. The summed E-state index contributed by atoms with van der Waals surface area (Å²) in [7, 11) is 0. The van der Waals surface area contributed by atoms with Crippen molar-refractivity contribution in [2.24, 2.45) is 0 Å². The van der Waals surface area contributed by atoms with Gasteiger partial charge in [-0.15, -0.1) is 34.7 Å². The largest absolute Gasteiger partial charge is 0.451 e. The Morgan fingerprint density at radius 2 is 1.68 bits per heavy atom. The van der Waals surface area contributed by atoms with Crippen LogP contribution in [0.25, 0.3) is 0 Å². The first-order chi connectivity index (χ1) is 18.0. The maximum atomic E-state index is 13.7. The zero-order valence-corrected chi connectivity index (χ0v) is 22.4. The molecule has 1 unspecified atom stereocenters. The number of nitrogens with zero attached hydrogens (tertiary/aromatic N) is 1. The molecule has 0 radical (unpaired) electrons. The second kappa shape index (κ2) is 11.1. The third kappa shape index (κ3) is 5.19. The van der Waals surface area contributed by atoms with Gasteiger partial charge in [-0.2, -0.15) is 0 Å². The lowest BCUT2D eigenvalue weighted by molar-refractivity contribution is -0.165. The molecule has 9 heteroatoms. The molecular formula is C28H25ClN2O4S2. The summed E-state index contributed by atoms with van der Waals surface area (Å²) in [5, 5.41) is 4.36. The maximum Gasteiger partial charge on any atom is 0.334 e. The summed E-state index contributed by atoms with van der Waals surface area (Å²) in [5.41, 5.74) is 2.29. The van der Waals surface area contributed by atoms with E-state index in [4.69, 9.17) is 16.3 Å². The SMILES string of the molecule is CC1=C(CCl)C(C(=O)OC(c2ccccc2)c2ccccc2)N2C(=O)[C@@H](NC(=O)Cc3cccs3)[C@H]2S1. The van der Waals surface area contributed by atoms with Gasteiger partial charge in [0.25, 0.3) is 0 Å². The van der Waals surface area contributed by atoms with E-state index in [9.17, 15) is 14.4 Å². The third-order valence-corrected chi connectivity index (χ3v) is 9.00. The lowest BCUT2D eigenvalue weighted by Crippen LogP contribution is -2.74. The van der Waals surface area contributed by atoms with Crippen LogP contribution in [0.3, 0.4) is 0 Å². The average molecular weight is 553 g/mol. The van der Waals surface area contributed by atoms with Crippen LogP contribution in [0.1, 0.15) is 29.0 Å². The fourth-order valence-corrected chi connectivity index (χ4v) is 7.11. The van der Waals surface area contributed by atoms with Gasteiger partial charge in [0.2, 0.25) is 11.8 Å². The second-order valence-electron chi connectivity index (χ2n) is 8.81. The number of amides is 2. The Bertz CT molecular complexity index is 1270. The van der Waals surface area contributed by atoms with Crippen molar-refractivity contribution < 1.29 is 19.1 Å². The molecular weight excluding hydrogens is 528 g/mol. The summed E-state index contributed by atoms with van der Waals surface area (Å²) in [6, 6.07) is 21.1. The van der Waals surface area contributed by atoms with Crippen molar-refractivity contribution >= 4 is 52.5 Å². The summed E-state index contributed by atoms with van der Waals surface area (Å²) < 4.78 is 6.11. The smallest absolute Gasteiger partial charge is 0.334 e. The molecule has 2 aliphatic heterocycles. The van der Waals surface area contributed by atoms with Crippen LogP contribution >= 0.6 is 34.7 Å². The molecule has 37 heavy (non-hydrogen) atoms. The molecule has 3 aromatic rings. The number of thioether (sulfide) groups is 1. The number of nitrogens with one attached hydrogen (secondary N) is 1. The molecule has 1 N–H and O–H groups in total. The quantitative estimate of drug-likeness (QED) is 0.244. The molecule has 2 aliphatic rings. The van der Waals surface area contributed by atoms with Crippen molar-refractivity contribution in [3.8, 4) is 0 Å². The fourth-order valence-electron chi connectivity index (χ4n) is 4.62. The molecule has 5 rings (SSSR count). The van der Waals surface area contributed by atoms with Gasteiger partial charge in [0.1, 0.15) is 11.4 Å². The van der Waals surface area contributed by atoms with Gasteiger partial charge in [-0.1, -0.05) is 66.7 Å². The van der Waals surface area contributed by atoms with Gasteiger partial charge >= 0.3 is 5.97 Å². The number of allylic oxidation sites excluding steroid dienone is 1. The van der Waals surface area contributed by atoms with Gasteiger partial charge in [0.15, 0.2) is 12.1 Å². The van der Waals surface area contributed by atoms with E-state index in [1.54, 1.807) is 0 Å². The van der Waals surface area contributed by atoms with Gasteiger partial charge in [0.05, 0.1) is 6.42 Å². The summed E-state index contributed by atoms with van der Waals surface area (Å²) >= 11 is 9.22. The number of ether oxygens (including phenoxy) is 1. The predicted octanol–water partition coefficient (Wildman–Crippen LogP) is 4.90. The van der Waals surface area contributed by atoms with Crippen LogP contribution in [0, 0.1) is 0 Å². The van der Waals surface area contributed by atoms with Gasteiger partial charge in [0, 0.05) is 10.8 Å². The molecule has 0 bridgehead atoms. The number of thiophene rings is 1. The van der Waals surface area contributed by atoms with Crippen molar-refractivity contribution in [3.63, 3.8) is 0 Å². The second-order valence-corrected chi connectivity index (χ2v) is 11.4. The van der Waals surface area contributed by atoms with Crippen molar-refractivity contribution in [2.75, 3.05) is 5.88 Å². The molecule has 1 fully saturated rings. The zero-order chi connectivity index (χ0) is 25.9. The number of benzene rings is 2. The molecule has 2 amide bonds. The van der Waals surface area contributed by atoms with Crippen LogP contribution in [-0.2, 0) is 25.5 Å². The van der Waals surface area contributed by atoms with E-state index in [1.165, 1.54) is 28.0 Å². The Balaban J connectivity index is 1.38. The number of fused-ring (bicyclic) bond motifs is 1. The summed E-state index contributed by atoms with van der Waals surface area (Å²) in [6.45, 7) is 1.89. The summed E-state index contributed by atoms with van der Waals surface area (Å²) in [5.74, 6) is -0.996. The highest BCUT2D eigenvalue weighted by molar-refractivity contribution is 8.03.